The number of phenols is 1. The van der Waals surface area contributed by atoms with Crippen molar-refractivity contribution >= 4 is 21.4 Å². The Kier molecular flexibility index (Phi) is 5.38. The number of nitrogens with one attached hydrogen (secondary N) is 1. The fourth-order valence-electron chi connectivity index (χ4n) is 3.13. The lowest BCUT2D eigenvalue weighted by Crippen LogP contribution is -2.32. The van der Waals surface area contributed by atoms with Crippen LogP contribution >= 0.6 is 0 Å². The zero-order valence-electron chi connectivity index (χ0n) is 14.9. The molecule has 0 spiro atoms. The Labute approximate surface area is 154 Å². The Morgan fingerprint density at radius 2 is 1.50 bits per heavy atom. The largest absolute Gasteiger partial charge is 0.507 e. The summed E-state index contributed by atoms with van der Waals surface area (Å²) in [6.45, 7) is 3.61. The molecule has 0 saturated heterocycles. The number of hydrogen-bond donors (Lipinski definition) is 2. The number of azo groups is 1. The van der Waals surface area contributed by atoms with Gasteiger partial charge >= 0.3 is 0 Å². The Morgan fingerprint density at radius 1 is 0.962 bits per heavy atom. The van der Waals surface area contributed by atoms with E-state index < -0.39 is 10.0 Å². The quantitative estimate of drug-likeness (QED) is 0.748. The van der Waals surface area contributed by atoms with E-state index in [2.05, 4.69) is 15.0 Å². The number of aromatic hydroxyl groups is 1. The van der Waals surface area contributed by atoms with Gasteiger partial charge in [0.15, 0.2) is 0 Å². The van der Waals surface area contributed by atoms with Gasteiger partial charge in [-0.05, 0) is 74.2 Å². The van der Waals surface area contributed by atoms with E-state index in [-0.39, 0.29) is 16.7 Å². The van der Waals surface area contributed by atoms with E-state index in [1.54, 1.807) is 50.2 Å². The van der Waals surface area contributed by atoms with Crippen molar-refractivity contribution in [3.05, 3.63) is 47.5 Å². The SMILES string of the molecule is Cc1cc(/N=N/c2ccc(S(=O)(=O)NC3CCCC3)cc2)cc(C)c1O. The average Bonchev–Trinajstić information content (AvgIpc) is 3.10. The first kappa shape index (κ1) is 18.5. The number of nitrogens with zero attached hydrogens (tertiary/aromatic N) is 2. The first-order valence-electron chi connectivity index (χ1n) is 8.69. The molecule has 0 heterocycles. The number of aryl methyl sites for hydroxylation is 2. The molecule has 0 radical (unpaired) electrons. The molecule has 6 nitrogen and oxygen atoms in total. The maximum Gasteiger partial charge on any atom is 0.240 e. The third kappa shape index (κ3) is 4.28. The summed E-state index contributed by atoms with van der Waals surface area (Å²) >= 11 is 0. The van der Waals surface area contributed by atoms with E-state index in [0.717, 1.165) is 36.8 Å². The lowest BCUT2D eigenvalue weighted by Gasteiger charge is -2.12. The van der Waals surface area contributed by atoms with Crippen molar-refractivity contribution in [3.63, 3.8) is 0 Å². The molecular weight excluding hydrogens is 350 g/mol. The van der Waals surface area contributed by atoms with Crippen LogP contribution in [0.1, 0.15) is 36.8 Å². The van der Waals surface area contributed by atoms with Crippen LogP contribution in [0.5, 0.6) is 5.75 Å². The van der Waals surface area contributed by atoms with E-state index in [4.69, 9.17) is 0 Å². The van der Waals surface area contributed by atoms with Gasteiger partial charge in [-0.1, -0.05) is 12.8 Å². The average molecular weight is 373 g/mol. The monoisotopic (exact) mass is 373 g/mol. The fraction of sp³-hybridized carbons (Fsp3) is 0.368. The Balaban J connectivity index is 1.73. The first-order chi connectivity index (χ1) is 12.3. The Morgan fingerprint density at radius 3 is 2.08 bits per heavy atom. The minimum Gasteiger partial charge on any atom is -0.507 e. The second-order valence-electron chi connectivity index (χ2n) is 6.72. The van der Waals surface area contributed by atoms with Crippen LogP contribution in [0, 0.1) is 13.8 Å². The smallest absolute Gasteiger partial charge is 0.240 e. The number of hydrogen-bond acceptors (Lipinski definition) is 5. The van der Waals surface area contributed by atoms with Crippen LogP contribution < -0.4 is 4.72 Å². The van der Waals surface area contributed by atoms with Crippen LogP contribution in [0.3, 0.4) is 0 Å². The number of sulfonamides is 1. The highest BCUT2D eigenvalue weighted by Crippen LogP contribution is 2.28. The van der Waals surface area contributed by atoms with E-state index in [0.29, 0.717) is 11.4 Å². The van der Waals surface area contributed by atoms with Crippen molar-refractivity contribution in [3.8, 4) is 5.75 Å². The molecule has 0 unspecified atom stereocenters. The number of rotatable bonds is 5. The molecule has 2 N–H and O–H groups in total. The van der Waals surface area contributed by atoms with Crippen LogP contribution in [-0.4, -0.2) is 19.6 Å². The molecule has 1 aliphatic carbocycles. The summed E-state index contributed by atoms with van der Waals surface area (Å²) < 4.78 is 27.6. The standard InChI is InChI=1S/C19H23N3O3S/c1-13-11-17(12-14(2)19(13)23)21-20-15-7-9-18(10-8-15)26(24,25)22-16-5-3-4-6-16/h7-12,16,22-23H,3-6H2,1-2H3/b21-20+. The van der Waals surface area contributed by atoms with Gasteiger partial charge in [-0.2, -0.15) is 10.2 Å². The van der Waals surface area contributed by atoms with Gasteiger partial charge in [0.05, 0.1) is 16.3 Å². The van der Waals surface area contributed by atoms with Crippen LogP contribution in [0.25, 0.3) is 0 Å². The molecule has 1 aliphatic rings. The third-order valence-corrected chi connectivity index (χ3v) is 6.12. The minimum atomic E-state index is -3.49. The van der Waals surface area contributed by atoms with E-state index in [1.165, 1.54) is 0 Å². The van der Waals surface area contributed by atoms with Gasteiger partial charge in [0.1, 0.15) is 5.75 Å². The second kappa shape index (κ2) is 7.55. The molecule has 0 atom stereocenters. The van der Waals surface area contributed by atoms with Crippen LogP contribution in [0.2, 0.25) is 0 Å². The molecule has 0 amide bonds. The summed E-state index contributed by atoms with van der Waals surface area (Å²) in [5, 5.41) is 18.1. The van der Waals surface area contributed by atoms with Crippen molar-refractivity contribution in [2.24, 2.45) is 10.2 Å². The van der Waals surface area contributed by atoms with Gasteiger partial charge < -0.3 is 5.11 Å². The predicted octanol–water partition coefficient (Wildman–Crippen LogP) is 4.65. The molecule has 0 aromatic heterocycles. The van der Waals surface area contributed by atoms with Crippen molar-refractivity contribution < 1.29 is 13.5 Å². The van der Waals surface area contributed by atoms with Crippen LogP contribution in [0.4, 0.5) is 11.4 Å². The second-order valence-corrected chi connectivity index (χ2v) is 8.44. The maximum absolute atomic E-state index is 12.4. The van der Waals surface area contributed by atoms with E-state index in [9.17, 15) is 13.5 Å². The van der Waals surface area contributed by atoms with Crippen molar-refractivity contribution in [1.29, 1.82) is 0 Å². The molecule has 138 valence electrons. The molecule has 26 heavy (non-hydrogen) atoms. The molecule has 2 aromatic rings. The molecule has 0 bridgehead atoms. The molecule has 7 heteroatoms. The van der Waals surface area contributed by atoms with Crippen molar-refractivity contribution in [2.45, 2.75) is 50.5 Å². The highest BCUT2D eigenvalue weighted by atomic mass is 32.2. The van der Waals surface area contributed by atoms with Crippen LogP contribution in [-0.2, 0) is 10.0 Å². The van der Waals surface area contributed by atoms with Crippen LogP contribution in [0.15, 0.2) is 51.5 Å². The van der Waals surface area contributed by atoms with Gasteiger partial charge in [0, 0.05) is 6.04 Å². The van der Waals surface area contributed by atoms with Crippen molar-refractivity contribution in [1.82, 2.24) is 4.72 Å². The molecule has 1 saturated carbocycles. The van der Waals surface area contributed by atoms with Gasteiger partial charge in [-0.15, -0.1) is 0 Å². The summed E-state index contributed by atoms with van der Waals surface area (Å²) in [7, 11) is -3.49. The lowest BCUT2D eigenvalue weighted by molar-refractivity contribution is 0.467. The Bertz CT molecular complexity index is 893. The van der Waals surface area contributed by atoms with Gasteiger partial charge in [-0.3, -0.25) is 0 Å². The zero-order valence-corrected chi connectivity index (χ0v) is 15.8. The normalized spacial score (nSPS) is 15.8. The van der Waals surface area contributed by atoms with E-state index in [1.807, 2.05) is 0 Å². The molecule has 1 fully saturated rings. The fourth-order valence-corrected chi connectivity index (χ4v) is 4.43. The highest BCUT2D eigenvalue weighted by molar-refractivity contribution is 7.89. The zero-order chi connectivity index (χ0) is 18.7. The molecule has 2 aromatic carbocycles. The molecule has 3 rings (SSSR count). The highest BCUT2D eigenvalue weighted by Gasteiger charge is 2.22. The summed E-state index contributed by atoms with van der Waals surface area (Å²) in [5.74, 6) is 0.258. The summed E-state index contributed by atoms with van der Waals surface area (Å²) in [6, 6.07) is 9.88. The first-order valence-corrected chi connectivity index (χ1v) is 10.2. The predicted molar refractivity (Wildman–Crippen MR) is 101 cm³/mol. The number of phenolic OH excluding ortho intramolecular Hbond substituents is 1. The summed E-state index contributed by atoms with van der Waals surface area (Å²) in [5.41, 5.74) is 2.67. The van der Waals surface area contributed by atoms with Gasteiger partial charge in [-0.25, -0.2) is 13.1 Å². The summed E-state index contributed by atoms with van der Waals surface area (Å²) in [6.07, 6.45) is 3.94. The maximum atomic E-state index is 12.4. The van der Waals surface area contributed by atoms with Gasteiger partial charge in [0.25, 0.3) is 0 Å². The van der Waals surface area contributed by atoms with Gasteiger partial charge in [0.2, 0.25) is 10.0 Å². The lowest BCUT2D eigenvalue weighted by atomic mass is 10.1. The Hall–Kier alpha value is -2.25. The summed E-state index contributed by atoms with van der Waals surface area (Å²) in [4.78, 5) is 0.236. The topological polar surface area (TPSA) is 91.1 Å². The molecule has 0 aliphatic heterocycles. The minimum absolute atomic E-state index is 0.0420. The van der Waals surface area contributed by atoms with Crippen molar-refractivity contribution in [2.75, 3.05) is 0 Å². The molecular formula is C19H23N3O3S. The number of benzene rings is 2. The van der Waals surface area contributed by atoms with E-state index >= 15 is 0 Å². The third-order valence-electron chi connectivity index (χ3n) is 4.58.